The number of nitrogens with zero attached hydrogens (tertiary/aromatic N) is 4. The molecule has 0 saturated heterocycles. The van der Waals surface area contributed by atoms with Crippen LogP contribution in [0.5, 0.6) is 0 Å². The molecule has 0 spiro atoms. The van der Waals surface area contributed by atoms with Crippen molar-refractivity contribution in [3.63, 3.8) is 0 Å². The van der Waals surface area contributed by atoms with Crippen molar-refractivity contribution in [2.24, 2.45) is 0 Å². The quantitative estimate of drug-likeness (QED) is 0.689. The molecule has 3 aromatic rings. The zero-order valence-electron chi connectivity index (χ0n) is 13.5. The number of aromatic nitrogens is 3. The van der Waals surface area contributed by atoms with Gasteiger partial charge in [-0.25, -0.2) is 18.2 Å². The summed E-state index contributed by atoms with van der Waals surface area (Å²) in [4.78, 5) is 18.9. The van der Waals surface area contributed by atoms with E-state index in [1.54, 1.807) is 30.3 Å². The minimum atomic E-state index is -4.01. The van der Waals surface area contributed by atoms with Gasteiger partial charge in [-0.15, -0.1) is 0 Å². The fraction of sp³-hybridized carbons (Fsp3) is 0.250. The van der Waals surface area contributed by atoms with Gasteiger partial charge in [0, 0.05) is 19.3 Å². The minimum absolute atomic E-state index is 0.0596. The molecule has 0 fully saturated rings. The Kier molecular flexibility index (Phi) is 4.25. The number of imidazole rings is 1. The maximum atomic E-state index is 12.9. The number of rotatable bonds is 5. The predicted molar refractivity (Wildman–Crippen MR) is 91.6 cm³/mol. The van der Waals surface area contributed by atoms with Crippen molar-refractivity contribution in [1.29, 1.82) is 0 Å². The Balaban J connectivity index is 2.26. The Hall–Kier alpha value is -2.45. The van der Waals surface area contributed by atoms with Crippen LogP contribution in [0.4, 0.5) is 0 Å². The Morgan fingerprint density at radius 1 is 1.08 bits per heavy atom. The van der Waals surface area contributed by atoms with Crippen LogP contribution < -0.4 is 5.69 Å². The minimum Gasteiger partial charge on any atom is -0.308 e. The van der Waals surface area contributed by atoms with Crippen molar-refractivity contribution in [2.45, 2.75) is 11.4 Å². The van der Waals surface area contributed by atoms with Gasteiger partial charge in [0.1, 0.15) is 0 Å². The highest BCUT2D eigenvalue weighted by atomic mass is 32.2. The first-order valence-corrected chi connectivity index (χ1v) is 8.88. The highest BCUT2D eigenvalue weighted by Crippen LogP contribution is 2.17. The standard InChI is InChI=1S/C16H18N4O3S/c1-18(2)11-12-19-14-9-6-10-17-15(14)20(16(19)21)24(22,23)13-7-4-3-5-8-13/h3-10H,11-12H2,1-2H3. The summed E-state index contributed by atoms with van der Waals surface area (Å²) in [7, 11) is -0.223. The lowest BCUT2D eigenvalue weighted by atomic mass is 10.4. The van der Waals surface area contributed by atoms with Gasteiger partial charge >= 0.3 is 5.69 Å². The van der Waals surface area contributed by atoms with Crippen molar-refractivity contribution < 1.29 is 8.42 Å². The number of fused-ring (bicyclic) bond motifs is 1. The molecule has 0 aliphatic rings. The van der Waals surface area contributed by atoms with E-state index in [4.69, 9.17) is 0 Å². The molecule has 7 nitrogen and oxygen atoms in total. The molecule has 126 valence electrons. The molecule has 0 amide bonds. The Bertz CT molecular complexity index is 1020. The second kappa shape index (κ2) is 6.21. The van der Waals surface area contributed by atoms with Crippen LogP contribution >= 0.6 is 0 Å². The van der Waals surface area contributed by atoms with Crippen molar-refractivity contribution in [3.8, 4) is 0 Å². The van der Waals surface area contributed by atoms with Gasteiger partial charge in [0.2, 0.25) is 0 Å². The SMILES string of the molecule is CN(C)CCn1c(=O)n(S(=O)(=O)c2ccccc2)c2ncccc21. The van der Waals surface area contributed by atoms with Gasteiger partial charge in [-0.3, -0.25) is 4.57 Å². The van der Waals surface area contributed by atoms with E-state index in [0.29, 0.717) is 18.6 Å². The second-order valence-corrected chi connectivity index (χ2v) is 7.45. The number of likely N-dealkylation sites (N-methyl/N-ethyl adjacent to an activating group) is 1. The molecular weight excluding hydrogens is 328 g/mol. The molecule has 0 saturated carbocycles. The third-order valence-electron chi connectivity index (χ3n) is 3.71. The number of hydrogen-bond acceptors (Lipinski definition) is 5. The van der Waals surface area contributed by atoms with E-state index in [2.05, 4.69) is 4.98 Å². The monoisotopic (exact) mass is 346 g/mol. The Morgan fingerprint density at radius 2 is 1.79 bits per heavy atom. The van der Waals surface area contributed by atoms with Gasteiger partial charge in [0.05, 0.1) is 10.4 Å². The molecule has 1 aromatic carbocycles. The molecule has 0 radical (unpaired) electrons. The third-order valence-corrected chi connectivity index (χ3v) is 5.38. The summed E-state index contributed by atoms with van der Waals surface area (Å²) >= 11 is 0. The fourth-order valence-corrected chi connectivity index (χ4v) is 3.87. The Morgan fingerprint density at radius 3 is 2.46 bits per heavy atom. The van der Waals surface area contributed by atoms with Crippen LogP contribution in [0.1, 0.15) is 0 Å². The van der Waals surface area contributed by atoms with E-state index in [1.807, 2.05) is 19.0 Å². The van der Waals surface area contributed by atoms with Crippen molar-refractivity contribution >= 4 is 21.2 Å². The van der Waals surface area contributed by atoms with Crippen LogP contribution in [-0.4, -0.2) is 47.5 Å². The van der Waals surface area contributed by atoms with E-state index in [0.717, 1.165) is 3.97 Å². The lowest BCUT2D eigenvalue weighted by Crippen LogP contribution is -2.32. The van der Waals surface area contributed by atoms with Crippen molar-refractivity contribution in [2.75, 3.05) is 20.6 Å². The molecule has 3 rings (SSSR count). The van der Waals surface area contributed by atoms with Crippen LogP contribution in [0.15, 0.2) is 58.4 Å². The predicted octanol–water partition coefficient (Wildman–Crippen LogP) is 0.997. The maximum absolute atomic E-state index is 12.9. The lowest BCUT2D eigenvalue weighted by Gasteiger charge is -2.09. The first kappa shape index (κ1) is 16.4. The summed E-state index contributed by atoms with van der Waals surface area (Å²) in [6.45, 7) is 0.991. The number of pyridine rings is 1. The summed E-state index contributed by atoms with van der Waals surface area (Å²) in [5, 5.41) is 0. The molecular formula is C16H18N4O3S. The van der Waals surface area contributed by atoms with E-state index in [9.17, 15) is 13.2 Å². The molecule has 0 bridgehead atoms. The normalized spacial score (nSPS) is 12.1. The van der Waals surface area contributed by atoms with Gasteiger partial charge in [0.15, 0.2) is 5.65 Å². The molecule has 0 aliphatic heterocycles. The molecule has 0 unspecified atom stereocenters. The van der Waals surface area contributed by atoms with Crippen molar-refractivity contribution in [3.05, 3.63) is 59.1 Å². The van der Waals surface area contributed by atoms with E-state index in [-0.39, 0.29) is 10.5 Å². The van der Waals surface area contributed by atoms with Gasteiger partial charge in [-0.05, 0) is 38.4 Å². The molecule has 0 N–H and O–H groups in total. The highest BCUT2D eigenvalue weighted by Gasteiger charge is 2.25. The van der Waals surface area contributed by atoms with E-state index in [1.165, 1.54) is 22.9 Å². The first-order chi connectivity index (χ1) is 11.4. The zero-order chi connectivity index (χ0) is 17.3. The van der Waals surface area contributed by atoms with E-state index < -0.39 is 15.7 Å². The van der Waals surface area contributed by atoms with Gasteiger partial charge in [0.25, 0.3) is 10.0 Å². The summed E-state index contributed by atoms with van der Waals surface area (Å²) in [6.07, 6.45) is 1.48. The summed E-state index contributed by atoms with van der Waals surface area (Å²) in [5.41, 5.74) is 0.0448. The zero-order valence-corrected chi connectivity index (χ0v) is 14.3. The lowest BCUT2D eigenvalue weighted by molar-refractivity contribution is 0.383. The molecule has 0 atom stereocenters. The second-order valence-electron chi connectivity index (χ2n) is 5.67. The maximum Gasteiger partial charge on any atom is 0.344 e. The average molecular weight is 346 g/mol. The van der Waals surface area contributed by atoms with E-state index >= 15 is 0 Å². The molecule has 2 aromatic heterocycles. The first-order valence-electron chi connectivity index (χ1n) is 7.44. The van der Waals surface area contributed by atoms with Crippen LogP contribution in [0, 0.1) is 0 Å². The summed E-state index contributed by atoms with van der Waals surface area (Å²) in [6, 6.07) is 11.3. The largest absolute Gasteiger partial charge is 0.344 e. The number of benzene rings is 1. The van der Waals surface area contributed by atoms with Crippen LogP contribution in [0.3, 0.4) is 0 Å². The molecule has 24 heavy (non-hydrogen) atoms. The fourth-order valence-electron chi connectivity index (χ4n) is 2.49. The van der Waals surface area contributed by atoms with Crippen LogP contribution in [0.2, 0.25) is 0 Å². The average Bonchev–Trinajstić information content (AvgIpc) is 2.85. The summed E-state index contributed by atoms with van der Waals surface area (Å²) < 4.78 is 28.1. The van der Waals surface area contributed by atoms with Gasteiger partial charge in [-0.2, -0.15) is 3.97 Å². The van der Waals surface area contributed by atoms with Crippen molar-refractivity contribution in [1.82, 2.24) is 18.4 Å². The molecule has 0 aliphatic carbocycles. The van der Waals surface area contributed by atoms with Gasteiger partial charge < -0.3 is 4.90 Å². The van der Waals surface area contributed by atoms with Crippen LogP contribution in [0.25, 0.3) is 11.2 Å². The number of hydrogen-bond donors (Lipinski definition) is 0. The van der Waals surface area contributed by atoms with Gasteiger partial charge in [-0.1, -0.05) is 18.2 Å². The van der Waals surface area contributed by atoms with Crippen LogP contribution in [-0.2, 0) is 16.6 Å². The smallest absolute Gasteiger partial charge is 0.308 e. The summed E-state index contributed by atoms with van der Waals surface area (Å²) in [5.74, 6) is 0. The Labute approximate surface area is 139 Å². The highest BCUT2D eigenvalue weighted by molar-refractivity contribution is 7.90. The molecule has 2 heterocycles. The molecule has 8 heteroatoms. The third kappa shape index (κ3) is 2.74. The topological polar surface area (TPSA) is 77.2 Å².